The molecule has 0 bridgehead atoms. The molecule has 6 nitrogen and oxygen atoms in total. The Morgan fingerprint density at radius 1 is 1.19 bits per heavy atom. The van der Waals surface area contributed by atoms with E-state index >= 15 is 0 Å². The van der Waals surface area contributed by atoms with Crippen LogP contribution in [0.4, 0.5) is 4.39 Å². The van der Waals surface area contributed by atoms with Crippen LogP contribution < -0.4 is 5.32 Å². The lowest BCUT2D eigenvalue weighted by Gasteiger charge is -2.33. The van der Waals surface area contributed by atoms with Gasteiger partial charge in [0.15, 0.2) is 0 Å². The average Bonchev–Trinajstić information content (AvgIpc) is 3.10. The first-order valence-corrected chi connectivity index (χ1v) is 10.6. The first-order valence-electron chi connectivity index (χ1n) is 8.83. The Balaban J connectivity index is 1.53. The summed E-state index contributed by atoms with van der Waals surface area (Å²) in [5.74, 6) is -0.651. The number of sulfonamides is 1. The molecular weight excluding hydrogens is 381 g/mol. The Labute approximate surface area is 158 Å². The minimum absolute atomic E-state index is 0.00137. The number of hydrogen-bond acceptors (Lipinski definition) is 4. The summed E-state index contributed by atoms with van der Waals surface area (Å²) in [5, 5.41) is 2.83. The molecule has 1 N–H and O–H groups in total. The number of piperazine rings is 1. The van der Waals surface area contributed by atoms with Crippen molar-refractivity contribution in [2.24, 2.45) is 0 Å². The van der Waals surface area contributed by atoms with E-state index in [2.05, 4.69) is 5.32 Å². The highest BCUT2D eigenvalue weighted by Gasteiger charge is 2.30. The SMILES string of the molecule is O=C(CN1CCN(S(=O)(=O)c2ccc(F)c(Cl)c2)CC1)NC1CCCC1. The van der Waals surface area contributed by atoms with Crippen molar-refractivity contribution in [1.82, 2.24) is 14.5 Å². The van der Waals surface area contributed by atoms with Gasteiger partial charge in [0.05, 0.1) is 16.5 Å². The number of amides is 1. The smallest absolute Gasteiger partial charge is 0.243 e. The summed E-state index contributed by atoms with van der Waals surface area (Å²) in [6, 6.07) is 3.69. The van der Waals surface area contributed by atoms with Crippen LogP contribution in [-0.4, -0.2) is 62.3 Å². The van der Waals surface area contributed by atoms with Gasteiger partial charge < -0.3 is 5.32 Å². The third kappa shape index (κ3) is 4.54. The predicted octanol–water partition coefficient (Wildman–Crippen LogP) is 1.84. The molecule has 1 heterocycles. The number of nitrogens with one attached hydrogen (secondary N) is 1. The van der Waals surface area contributed by atoms with Crippen LogP contribution in [-0.2, 0) is 14.8 Å². The van der Waals surface area contributed by atoms with E-state index in [-0.39, 0.29) is 41.5 Å². The molecule has 0 atom stereocenters. The first kappa shape index (κ1) is 19.5. The highest BCUT2D eigenvalue weighted by molar-refractivity contribution is 7.89. The van der Waals surface area contributed by atoms with Gasteiger partial charge >= 0.3 is 0 Å². The van der Waals surface area contributed by atoms with E-state index in [1.54, 1.807) is 0 Å². The maximum atomic E-state index is 13.3. The Bertz CT molecular complexity index is 761. The van der Waals surface area contributed by atoms with Gasteiger partial charge in [-0.2, -0.15) is 4.31 Å². The molecule has 0 spiro atoms. The molecule has 0 radical (unpaired) electrons. The normalized spacial score (nSPS) is 20.4. The molecule has 1 aliphatic carbocycles. The van der Waals surface area contributed by atoms with Gasteiger partial charge in [0.25, 0.3) is 0 Å². The van der Waals surface area contributed by atoms with Crippen LogP contribution in [0.2, 0.25) is 5.02 Å². The molecule has 1 aliphatic heterocycles. The average molecular weight is 404 g/mol. The molecule has 1 saturated carbocycles. The number of rotatable bonds is 5. The van der Waals surface area contributed by atoms with Gasteiger partial charge in [-0.05, 0) is 31.0 Å². The van der Waals surface area contributed by atoms with Crippen LogP contribution in [0.3, 0.4) is 0 Å². The van der Waals surface area contributed by atoms with E-state index in [9.17, 15) is 17.6 Å². The zero-order valence-corrected chi connectivity index (χ0v) is 16.0. The van der Waals surface area contributed by atoms with Gasteiger partial charge in [-0.3, -0.25) is 9.69 Å². The lowest BCUT2D eigenvalue weighted by Crippen LogP contribution is -2.51. The third-order valence-electron chi connectivity index (χ3n) is 4.95. The molecule has 144 valence electrons. The van der Waals surface area contributed by atoms with Crippen molar-refractivity contribution in [2.75, 3.05) is 32.7 Å². The lowest BCUT2D eigenvalue weighted by atomic mass is 10.2. The van der Waals surface area contributed by atoms with E-state index in [4.69, 9.17) is 11.6 Å². The molecule has 9 heteroatoms. The quantitative estimate of drug-likeness (QED) is 0.814. The summed E-state index contributed by atoms with van der Waals surface area (Å²) in [6.45, 7) is 1.81. The fraction of sp³-hybridized carbons (Fsp3) is 0.588. The zero-order valence-electron chi connectivity index (χ0n) is 14.5. The molecular formula is C17H23ClFN3O3S. The van der Waals surface area contributed by atoms with Crippen molar-refractivity contribution in [1.29, 1.82) is 0 Å². The second-order valence-corrected chi connectivity index (χ2v) is 9.15. The van der Waals surface area contributed by atoms with Gasteiger partial charge in [-0.1, -0.05) is 24.4 Å². The summed E-state index contributed by atoms with van der Waals surface area (Å²) in [5.41, 5.74) is 0. The molecule has 1 aromatic rings. The molecule has 2 fully saturated rings. The van der Waals surface area contributed by atoms with Gasteiger partial charge in [-0.25, -0.2) is 12.8 Å². The first-order chi connectivity index (χ1) is 12.4. The minimum Gasteiger partial charge on any atom is -0.352 e. The maximum absolute atomic E-state index is 13.3. The fourth-order valence-electron chi connectivity index (χ4n) is 3.46. The summed E-state index contributed by atoms with van der Waals surface area (Å²) in [7, 11) is -3.72. The Morgan fingerprint density at radius 2 is 1.85 bits per heavy atom. The van der Waals surface area contributed by atoms with Crippen molar-refractivity contribution in [2.45, 2.75) is 36.6 Å². The molecule has 1 saturated heterocycles. The van der Waals surface area contributed by atoms with Crippen LogP contribution in [0.15, 0.2) is 23.1 Å². The minimum atomic E-state index is -3.72. The predicted molar refractivity (Wildman–Crippen MR) is 97.0 cm³/mol. The number of hydrogen-bond donors (Lipinski definition) is 1. The summed E-state index contributed by atoms with van der Waals surface area (Å²) < 4.78 is 39.9. The van der Waals surface area contributed by atoms with E-state index in [0.717, 1.165) is 37.8 Å². The molecule has 2 aliphatic rings. The molecule has 1 aromatic carbocycles. The fourth-order valence-corrected chi connectivity index (χ4v) is 5.16. The lowest BCUT2D eigenvalue weighted by molar-refractivity contribution is -0.123. The third-order valence-corrected chi connectivity index (χ3v) is 7.13. The van der Waals surface area contributed by atoms with Crippen molar-refractivity contribution in [3.8, 4) is 0 Å². The maximum Gasteiger partial charge on any atom is 0.243 e. The molecule has 0 aromatic heterocycles. The van der Waals surface area contributed by atoms with Crippen molar-refractivity contribution in [3.05, 3.63) is 29.0 Å². The topological polar surface area (TPSA) is 69.7 Å². The molecule has 0 unspecified atom stereocenters. The number of carbonyl (C=O) groups is 1. The molecule has 26 heavy (non-hydrogen) atoms. The molecule has 1 amide bonds. The molecule has 3 rings (SSSR count). The van der Waals surface area contributed by atoms with E-state index in [0.29, 0.717) is 13.1 Å². The largest absolute Gasteiger partial charge is 0.352 e. The Kier molecular flexibility index (Phi) is 6.17. The van der Waals surface area contributed by atoms with Crippen LogP contribution in [0.5, 0.6) is 0 Å². The Hall–Kier alpha value is -1.22. The summed E-state index contributed by atoms with van der Waals surface area (Å²) in [6.07, 6.45) is 4.40. The monoisotopic (exact) mass is 403 g/mol. The van der Waals surface area contributed by atoms with E-state index in [1.807, 2.05) is 4.90 Å². The standard InChI is InChI=1S/C17H23ClFN3O3S/c18-15-11-14(5-6-16(15)19)26(24,25)22-9-7-21(8-10-22)12-17(23)20-13-3-1-2-4-13/h5-6,11,13H,1-4,7-10,12H2,(H,20,23). The van der Waals surface area contributed by atoms with Crippen LogP contribution in [0.1, 0.15) is 25.7 Å². The van der Waals surface area contributed by atoms with Gasteiger partial charge in [0, 0.05) is 32.2 Å². The number of benzene rings is 1. The van der Waals surface area contributed by atoms with Crippen molar-refractivity contribution in [3.63, 3.8) is 0 Å². The van der Waals surface area contributed by atoms with Crippen LogP contribution in [0, 0.1) is 5.82 Å². The van der Waals surface area contributed by atoms with Crippen LogP contribution >= 0.6 is 11.6 Å². The van der Waals surface area contributed by atoms with E-state index < -0.39 is 15.8 Å². The van der Waals surface area contributed by atoms with Gasteiger partial charge in [-0.15, -0.1) is 0 Å². The Morgan fingerprint density at radius 3 is 2.46 bits per heavy atom. The van der Waals surface area contributed by atoms with E-state index in [1.165, 1.54) is 10.4 Å². The van der Waals surface area contributed by atoms with Crippen molar-refractivity contribution < 1.29 is 17.6 Å². The second-order valence-electron chi connectivity index (χ2n) is 6.81. The van der Waals surface area contributed by atoms with Gasteiger partial charge in [0.2, 0.25) is 15.9 Å². The number of halogens is 2. The van der Waals surface area contributed by atoms with Crippen molar-refractivity contribution >= 4 is 27.5 Å². The summed E-state index contributed by atoms with van der Waals surface area (Å²) >= 11 is 5.70. The summed E-state index contributed by atoms with van der Waals surface area (Å²) in [4.78, 5) is 14.0. The highest BCUT2D eigenvalue weighted by Crippen LogP contribution is 2.23. The number of carbonyl (C=O) groups excluding carboxylic acids is 1. The van der Waals surface area contributed by atoms with Gasteiger partial charge in [0.1, 0.15) is 5.82 Å². The highest BCUT2D eigenvalue weighted by atomic mass is 35.5. The second kappa shape index (κ2) is 8.21. The zero-order chi connectivity index (χ0) is 18.7. The number of nitrogens with zero attached hydrogens (tertiary/aromatic N) is 2. The van der Waals surface area contributed by atoms with Crippen LogP contribution in [0.25, 0.3) is 0 Å².